The van der Waals surface area contributed by atoms with Crippen LogP contribution >= 0.6 is 0 Å². The summed E-state index contributed by atoms with van der Waals surface area (Å²) in [5.41, 5.74) is -0.338. The van der Waals surface area contributed by atoms with Crippen molar-refractivity contribution in [2.24, 2.45) is 0 Å². The van der Waals surface area contributed by atoms with Crippen molar-refractivity contribution in [3.63, 3.8) is 0 Å². The van der Waals surface area contributed by atoms with Gasteiger partial charge in [0.25, 0.3) is 0 Å². The van der Waals surface area contributed by atoms with Gasteiger partial charge in [-0.1, -0.05) is 0 Å². The number of amides is 1. The first-order chi connectivity index (χ1) is 11.1. The number of hydrogen-bond acceptors (Lipinski definition) is 6. The van der Waals surface area contributed by atoms with Gasteiger partial charge in [-0.25, -0.2) is 4.79 Å². The summed E-state index contributed by atoms with van der Waals surface area (Å²) in [6.07, 6.45) is 1.60. The molecular formula is C15H22FN3O4. The van der Waals surface area contributed by atoms with E-state index in [0.717, 1.165) is 26.1 Å². The minimum Gasteiger partial charge on any atom is -0.449 e. The van der Waals surface area contributed by atoms with E-state index in [9.17, 15) is 9.18 Å². The van der Waals surface area contributed by atoms with Crippen molar-refractivity contribution in [3.05, 3.63) is 11.8 Å². The van der Waals surface area contributed by atoms with Crippen LogP contribution in [0.2, 0.25) is 0 Å². The molecule has 0 atom stereocenters. The standard InChI is InChI=1S/C15H22FN3O4/c1-15(9-19(10-15)14(20)22-6-2-5-16)13-18-17-12(23-13)11-3-7-21-8-4-11/h11H,2-10H2,1H3. The predicted octanol–water partition coefficient (Wildman–Crippen LogP) is 2.03. The Bertz CT molecular complexity index is 539. The predicted molar refractivity (Wildman–Crippen MR) is 78.0 cm³/mol. The molecule has 0 aliphatic carbocycles. The maximum Gasteiger partial charge on any atom is 0.409 e. The van der Waals surface area contributed by atoms with Crippen molar-refractivity contribution < 1.29 is 23.1 Å². The van der Waals surface area contributed by atoms with Crippen LogP contribution in [-0.4, -0.2) is 60.8 Å². The number of alkyl halides is 1. The van der Waals surface area contributed by atoms with Crippen molar-refractivity contribution in [1.29, 1.82) is 0 Å². The lowest BCUT2D eigenvalue weighted by Gasteiger charge is -2.44. The molecule has 2 saturated heterocycles. The van der Waals surface area contributed by atoms with E-state index in [2.05, 4.69) is 10.2 Å². The Hall–Kier alpha value is -1.70. The average Bonchev–Trinajstić information content (AvgIpc) is 3.03. The van der Waals surface area contributed by atoms with E-state index < -0.39 is 12.8 Å². The first kappa shape index (κ1) is 16.2. The average molecular weight is 327 g/mol. The van der Waals surface area contributed by atoms with Crippen molar-refractivity contribution in [1.82, 2.24) is 15.1 Å². The summed E-state index contributed by atoms with van der Waals surface area (Å²) in [7, 11) is 0. The monoisotopic (exact) mass is 327 g/mol. The zero-order valence-electron chi connectivity index (χ0n) is 13.3. The Morgan fingerprint density at radius 1 is 1.39 bits per heavy atom. The van der Waals surface area contributed by atoms with Gasteiger partial charge in [-0.15, -0.1) is 10.2 Å². The number of carbonyl (C=O) groups excluding carboxylic acids is 1. The second-order valence-electron chi connectivity index (χ2n) is 6.41. The van der Waals surface area contributed by atoms with E-state index in [1.807, 2.05) is 6.92 Å². The Labute approximate surface area is 134 Å². The molecule has 2 aliphatic heterocycles. The summed E-state index contributed by atoms with van der Waals surface area (Å²) >= 11 is 0. The zero-order chi connectivity index (χ0) is 16.3. The smallest absolute Gasteiger partial charge is 0.409 e. The summed E-state index contributed by atoms with van der Waals surface area (Å²) < 4.78 is 28.2. The summed E-state index contributed by atoms with van der Waals surface area (Å²) in [4.78, 5) is 13.3. The highest BCUT2D eigenvalue weighted by atomic mass is 19.1. The third kappa shape index (κ3) is 3.46. The topological polar surface area (TPSA) is 77.7 Å². The van der Waals surface area contributed by atoms with Crippen LogP contribution in [0.5, 0.6) is 0 Å². The lowest BCUT2D eigenvalue weighted by Crippen LogP contribution is -2.59. The minimum atomic E-state index is -0.484. The highest BCUT2D eigenvalue weighted by Crippen LogP contribution is 2.35. The normalized spacial score (nSPS) is 21.0. The molecule has 1 aromatic heterocycles. The molecule has 0 saturated carbocycles. The summed E-state index contributed by atoms with van der Waals surface area (Å²) in [6.45, 7) is 3.99. The third-order valence-corrected chi connectivity index (χ3v) is 4.37. The van der Waals surface area contributed by atoms with Gasteiger partial charge in [0, 0.05) is 38.6 Å². The van der Waals surface area contributed by atoms with Gasteiger partial charge in [-0.3, -0.25) is 4.39 Å². The molecule has 0 radical (unpaired) electrons. The molecule has 2 aliphatic rings. The van der Waals surface area contributed by atoms with Crippen LogP contribution in [0.3, 0.4) is 0 Å². The molecule has 3 rings (SSSR count). The van der Waals surface area contributed by atoms with Gasteiger partial charge < -0.3 is 18.8 Å². The molecule has 0 unspecified atom stereocenters. The molecule has 128 valence electrons. The fourth-order valence-corrected chi connectivity index (χ4v) is 2.95. The summed E-state index contributed by atoms with van der Waals surface area (Å²) in [5.74, 6) is 1.48. The third-order valence-electron chi connectivity index (χ3n) is 4.37. The highest BCUT2D eigenvalue weighted by molar-refractivity contribution is 5.69. The van der Waals surface area contributed by atoms with Crippen molar-refractivity contribution in [2.45, 2.75) is 37.5 Å². The van der Waals surface area contributed by atoms with E-state index in [0.29, 0.717) is 24.9 Å². The molecular weight excluding hydrogens is 305 g/mol. The SMILES string of the molecule is CC1(c2nnc(C3CCOCC3)o2)CN(C(=O)OCCCF)C1. The molecule has 0 N–H and O–H groups in total. The zero-order valence-corrected chi connectivity index (χ0v) is 13.3. The van der Waals surface area contributed by atoms with E-state index in [1.165, 1.54) is 0 Å². The van der Waals surface area contributed by atoms with Crippen molar-refractivity contribution in [3.8, 4) is 0 Å². The molecule has 7 nitrogen and oxygen atoms in total. The summed E-state index contributed by atoms with van der Waals surface area (Å²) in [6, 6.07) is 0. The molecule has 1 amide bonds. The van der Waals surface area contributed by atoms with Gasteiger partial charge >= 0.3 is 6.09 Å². The van der Waals surface area contributed by atoms with Crippen LogP contribution < -0.4 is 0 Å². The van der Waals surface area contributed by atoms with Crippen molar-refractivity contribution >= 4 is 6.09 Å². The maximum atomic E-state index is 12.0. The number of aromatic nitrogens is 2. The Morgan fingerprint density at radius 3 is 2.83 bits per heavy atom. The Morgan fingerprint density at radius 2 is 2.13 bits per heavy atom. The fraction of sp³-hybridized carbons (Fsp3) is 0.800. The number of ether oxygens (including phenoxy) is 2. The molecule has 2 fully saturated rings. The van der Waals surface area contributed by atoms with Gasteiger partial charge in [0.2, 0.25) is 11.8 Å². The Kier molecular flexibility index (Phi) is 4.79. The van der Waals surface area contributed by atoms with Crippen LogP contribution in [0, 0.1) is 0 Å². The van der Waals surface area contributed by atoms with Crippen LogP contribution in [0.25, 0.3) is 0 Å². The van der Waals surface area contributed by atoms with Gasteiger partial charge in [0.1, 0.15) is 0 Å². The lowest BCUT2D eigenvalue weighted by atomic mass is 9.82. The van der Waals surface area contributed by atoms with Gasteiger partial charge in [-0.2, -0.15) is 0 Å². The summed E-state index contributed by atoms with van der Waals surface area (Å²) in [5, 5.41) is 8.34. The number of hydrogen-bond donors (Lipinski definition) is 0. The maximum absolute atomic E-state index is 12.0. The molecule has 0 bridgehead atoms. The second-order valence-corrected chi connectivity index (χ2v) is 6.41. The van der Waals surface area contributed by atoms with Crippen LogP contribution in [-0.2, 0) is 14.9 Å². The van der Waals surface area contributed by atoms with E-state index in [1.54, 1.807) is 4.90 Å². The molecule has 0 aromatic carbocycles. The molecule has 1 aromatic rings. The first-order valence-electron chi connectivity index (χ1n) is 8.02. The number of carbonyl (C=O) groups is 1. The van der Waals surface area contributed by atoms with E-state index in [4.69, 9.17) is 13.9 Å². The van der Waals surface area contributed by atoms with Crippen molar-refractivity contribution in [2.75, 3.05) is 39.6 Å². The van der Waals surface area contributed by atoms with Crippen LogP contribution in [0.15, 0.2) is 4.42 Å². The number of rotatable bonds is 5. The molecule has 3 heterocycles. The lowest BCUT2D eigenvalue weighted by molar-refractivity contribution is 0.0313. The minimum absolute atomic E-state index is 0.108. The molecule has 8 heteroatoms. The van der Waals surface area contributed by atoms with Gasteiger partial charge in [0.05, 0.1) is 18.7 Å². The molecule has 23 heavy (non-hydrogen) atoms. The van der Waals surface area contributed by atoms with Crippen LogP contribution in [0.4, 0.5) is 9.18 Å². The van der Waals surface area contributed by atoms with E-state index >= 15 is 0 Å². The quantitative estimate of drug-likeness (QED) is 0.770. The van der Waals surface area contributed by atoms with Gasteiger partial charge in [-0.05, 0) is 19.8 Å². The molecule has 0 spiro atoms. The fourth-order valence-electron chi connectivity index (χ4n) is 2.95. The Balaban J connectivity index is 1.54. The number of likely N-dealkylation sites (tertiary alicyclic amines) is 1. The van der Waals surface area contributed by atoms with Crippen LogP contribution in [0.1, 0.15) is 43.9 Å². The number of halogens is 1. The largest absolute Gasteiger partial charge is 0.449 e. The van der Waals surface area contributed by atoms with Gasteiger partial charge in [0.15, 0.2) is 0 Å². The van der Waals surface area contributed by atoms with E-state index in [-0.39, 0.29) is 24.4 Å². The highest BCUT2D eigenvalue weighted by Gasteiger charge is 2.47. The second kappa shape index (κ2) is 6.82. The first-order valence-corrected chi connectivity index (χ1v) is 8.02. The number of nitrogens with zero attached hydrogens (tertiary/aromatic N) is 3.